The minimum atomic E-state index is -0.108. The van der Waals surface area contributed by atoms with E-state index in [-0.39, 0.29) is 11.9 Å². The third-order valence-electron chi connectivity index (χ3n) is 2.99. The zero-order valence-corrected chi connectivity index (χ0v) is 10.6. The number of nitrogens with zero attached hydrogens (tertiary/aromatic N) is 2. The molecule has 1 fully saturated rings. The van der Waals surface area contributed by atoms with Crippen molar-refractivity contribution >= 4 is 22.4 Å². The summed E-state index contributed by atoms with van der Waals surface area (Å²) < 4.78 is 4.81. The number of carbonyl (C=O) groups is 1. The molecule has 0 bridgehead atoms. The molecule has 5 heteroatoms. The van der Waals surface area contributed by atoms with Crippen molar-refractivity contribution in [3.63, 3.8) is 0 Å². The monoisotopic (exact) mass is 240 g/mol. The molecule has 1 aromatic rings. The van der Waals surface area contributed by atoms with Crippen LogP contribution in [0.5, 0.6) is 0 Å². The van der Waals surface area contributed by atoms with Gasteiger partial charge in [0.2, 0.25) is 0 Å². The van der Waals surface area contributed by atoms with Gasteiger partial charge in [-0.05, 0) is 12.8 Å². The van der Waals surface area contributed by atoms with Crippen molar-refractivity contribution in [1.29, 1.82) is 0 Å². The first kappa shape index (κ1) is 11.4. The molecule has 0 aromatic carbocycles. The van der Waals surface area contributed by atoms with Crippen LogP contribution in [0.4, 0.5) is 5.13 Å². The van der Waals surface area contributed by atoms with Gasteiger partial charge in [0.1, 0.15) is 0 Å². The van der Waals surface area contributed by atoms with Crippen molar-refractivity contribution < 1.29 is 9.53 Å². The summed E-state index contributed by atoms with van der Waals surface area (Å²) in [5.74, 6) is 0.203. The summed E-state index contributed by atoms with van der Waals surface area (Å²) in [5.41, 5.74) is 1.04. The highest BCUT2D eigenvalue weighted by Gasteiger charge is 2.36. The van der Waals surface area contributed by atoms with E-state index in [1.165, 1.54) is 7.11 Å². The van der Waals surface area contributed by atoms with Gasteiger partial charge in [0, 0.05) is 18.5 Å². The molecule has 0 radical (unpaired) electrons. The predicted octanol–water partition coefficient (Wildman–Crippen LogP) is 1.70. The van der Waals surface area contributed by atoms with Gasteiger partial charge in [0.25, 0.3) is 0 Å². The van der Waals surface area contributed by atoms with Crippen molar-refractivity contribution in [2.45, 2.75) is 13.8 Å². The minimum Gasteiger partial charge on any atom is -0.469 e. The fraction of sp³-hybridized carbons (Fsp3) is 0.636. The maximum absolute atomic E-state index is 11.5. The maximum atomic E-state index is 11.5. The topological polar surface area (TPSA) is 42.4 Å². The Kier molecular flexibility index (Phi) is 3.14. The molecule has 2 atom stereocenters. The Balaban J connectivity index is 2.09. The van der Waals surface area contributed by atoms with E-state index in [4.69, 9.17) is 4.74 Å². The van der Waals surface area contributed by atoms with E-state index >= 15 is 0 Å². The van der Waals surface area contributed by atoms with Crippen LogP contribution in [0.15, 0.2) is 5.38 Å². The Hall–Kier alpha value is -1.10. The number of esters is 1. The van der Waals surface area contributed by atoms with Gasteiger partial charge in [-0.3, -0.25) is 4.79 Å². The second-order valence-electron chi connectivity index (χ2n) is 4.28. The molecule has 0 aliphatic carbocycles. The van der Waals surface area contributed by atoms with E-state index in [0.717, 1.165) is 23.9 Å². The number of ether oxygens (including phenoxy) is 1. The van der Waals surface area contributed by atoms with Crippen molar-refractivity contribution in [3.8, 4) is 0 Å². The van der Waals surface area contributed by atoms with E-state index < -0.39 is 0 Å². The molecule has 1 aliphatic rings. The first-order valence-corrected chi connectivity index (χ1v) is 6.24. The predicted molar refractivity (Wildman–Crippen MR) is 63.7 cm³/mol. The summed E-state index contributed by atoms with van der Waals surface area (Å²) in [7, 11) is 1.45. The molecule has 1 aromatic heterocycles. The van der Waals surface area contributed by atoms with Gasteiger partial charge in [-0.1, -0.05) is 6.92 Å². The smallest absolute Gasteiger partial charge is 0.310 e. The fourth-order valence-electron chi connectivity index (χ4n) is 2.07. The third kappa shape index (κ3) is 2.04. The van der Waals surface area contributed by atoms with Crippen LogP contribution in [0.25, 0.3) is 0 Å². The normalized spacial score (nSPS) is 24.8. The molecule has 0 spiro atoms. The number of hydrogen-bond acceptors (Lipinski definition) is 5. The van der Waals surface area contributed by atoms with Crippen LogP contribution in [0, 0.1) is 18.8 Å². The molecule has 88 valence electrons. The Labute approximate surface area is 99.2 Å². The second kappa shape index (κ2) is 4.41. The molecule has 0 amide bonds. The zero-order valence-electron chi connectivity index (χ0n) is 9.77. The molecule has 0 N–H and O–H groups in total. The molecule has 1 saturated heterocycles. The lowest BCUT2D eigenvalue weighted by Gasteiger charge is -2.13. The second-order valence-corrected chi connectivity index (χ2v) is 5.12. The zero-order chi connectivity index (χ0) is 11.7. The van der Waals surface area contributed by atoms with Gasteiger partial charge in [0.05, 0.1) is 18.7 Å². The van der Waals surface area contributed by atoms with E-state index in [9.17, 15) is 4.79 Å². The van der Waals surface area contributed by atoms with Gasteiger partial charge in [-0.15, -0.1) is 11.3 Å². The molecule has 0 saturated carbocycles. The van der Waals surface area contributed by atoms with Gasteiger partial charge < -0.3 is 9.64 Å². The van der Waals surface area contributed by atoms with E-state index in [0.29, 0.717) is 5.92 Å². The first-order valence-electron chi connectivity index (χ1n) is 5.36. The number of carbonyl (C=O) groups excluding carboxylic acids is 1. The number of methoxy groups -OCH3 is 1. The maximum Gasteiger partial charge on any atom is 0.310 e. The van der Waals surface area contributed by atoms with Crippen LogP contribution < -0.4 is 4.90 Å². The standard InChI is InChI=1S/C11H16N2O2S/c1-7-4-13(5-9(7)10(14)15-3)11-12-8(2)6-16-11/h6-7,9H,4-5H2,1-3H3. The number of aromatic nitrogens is 1. The Bertz CT molecular complexity index is 391. The lowest BCUT2D eigenvalue weighted by Crippen LogP contribution is -2.24. The average Bonchev–Trinajstić information content (AvgIpc) is 2.83. The van der Waals surface area contributed by atoms with Crippen molar-refractivity contribution in [3.05, 3.63) is 11.1 Å². The highest BCUT2D eigenvalue weighted by Crippen LogP contribution is 2.30. The molecule has 16 heavy (non-hydrogen) atoms. The SMILES string of the molecule is COC(=O)C1CN(c2nc(C)cs2)CC1C. The fourth-order valence-corrected chi connectivity index (χ4v) is 2.89. The van der Waals surface area contributed by atoms with Crippen molar-refractivity contribution in [2.75, 3.05) is 25.1 Å². The summed E-state index contributed by atoms with van der Waals surface area (Å²) in [4.78, 5) is 18.2. The van der Waals surface area contributed by atoms with Crippen molar-refractivity contribution in [1.82, 2.24) is 4.98 Å². The third-order valence-corrected chi connectivity index (χ3v) is 4.01. The Morgan fingerprint density at radius 3 is 2.94 bits per heavy atom. The van der Waals surface area contributed by atoms with E-state index in [2.05, 4.69) is 16.8 Å². The molecule has 4 nitrogen and oxygen atoms in total. The summed E-state index contributed by atoms with van der Waals surface area (Å²) in [6, 6.07) is 0. The number of aryl methyl sites for hydroxylation is 1. The quantitative estimate of drug-likeness (QED) is 0.738. The first-order chi connectivity index (χ1) is 7.61. The lowest BCUT2D eigenvalue weighted by atomic mass is 9.99. The van der Waals surface area contributed by atoms with Crippen molar-refractivity contribution in [2.24, 2.45) is 11.8 Å². The van der Waals surface area contributed by atoms with Gasteiger partial charge in [-0.2, -0.15) is 0 Å². The average molecular weight is 240 g/mol. The summed E-state index contributed by atoms with van der Waals surface area (Å²) in [5, 5.41) is 3.04. The van der Waals surface area contributed by atoms with Gasteiger partial charge in [0.15, 0.2) is 5.13 Å². The number of thiazole rings is 1. The molecule has 2 unspecified atom stereocenters. The highest BCUT2D eigenvalue weighted by molar-refractivity contribution is 7.13. The van der Waals surface area contributed by atoms with Crippen LogP contribution in [0.2, 0.25) is 0 Å². The van der Waals surface area contributed by atoms with Gasteiger partial charge >= 0.3 is 5.97 Å². The molecule has 2 heterocycles. The van der Waals surface area contributed by atoms with E-state index in [1.54, 1.807) is 11.3 Å². The number of hydrogen-bond donors (Lipinski definition) is 0. The highest BCUT2D eigenvalue weighted by atomic mass is 32.1. The summed E-state index contributed by atoms with van der Waals surface area (Å²) >= 11 is 1.63. The van der Waals surface area contributed by atoms with Crippen LogP contribution in [0.3, 0.4) is 0 Å². The molecular weight excluding hydrogens is 224 g/mol. The number of anilines is 1. The molecule has 2 rings (SSSR count). The van der Waals surface area contributed by atoms with E-state index in [1.807, 2.05) is 12.3 Å². The van der Waals surface area contributed by atoms with Crippen LogP contribution in [-0.2, 0) is 9.53 Å². The lowest BCUT2D eigenvalue weighted by molar-refractivity contribution is -0.145. The van der Waals surface area contributed by atoms with Gasteiger partial charge in [-0.25, -0.2) is 4.98 Å². The largest absolute Gasteiger partial charge is 0.469 e. The minimum absolute atomic E-state index is 0.0193. The van der Waals surface area contributed by atoms with Crippen LogP contribution in [-0.4, -0.2) is 31.2 Å². The number of rotatable bonds is 2. The van der Waals surface area contributed by atoms with Crippen LogP contribution >= 0.6 is 11.3 Å². The molecular formula is C11H16N2O2S. The van der Waals surface area contributed by atoms with Crippen LogP contribution in [0.1, 0.15) is 12.6 Å². The summed E-state index contributed by atoms with van der Waals surface area (Å²) in [6.07, 6.45) is 0. The Morgan fingerprint density at radius 2 is 2.38 bits per heavy atom. The summed E-state index contributed by atoms with van der Waals surface area (Å²) in [6.45, 7) is 5.67. The molecule has 1 aliphatic heterocycles. The Morgan fingerprint density at radius 1 is 1.62 bits per heavy atom.